The first-order valence-corrected chi connectivity index (χ1v) is 2.02. The summed E-state index contributed by atoms with van der Waals surface area (Å²) in [6.07, 6.45) is 0. The summed E-state index contributed by atoms with van der Waals surface area (Å²) in [5.41, 5.74) is 0. The van der Waals surface area contributed by atoms with Crippen LogP contribution in [0, 0.1) is 0 Å². The summed E-state index contributed by atoms with van der Waals surface area (Å²) in [6, 6.07) is 0. The van der Waals surface area contributed by atoms with Crippen molar-refractivity contribution in [1.29, 1.82) is 0 Å². The van der Waals surface area contributed by atoms with E-state index in [4.69, 9.17) is 0 Å². The van der Waals surface area contributed by atoms with Gasteiger partial charge in [0.05, 0.1) is 0 Å². The van der Waals surface area contributed by atoms with Crippen molar-refractivity contribution in [3.8, 4) is 0 Å². The molecule has 5 heavy (non-hydrogen) atoms. The zero-order valence-electron chi connectivity index (χ0n) is 2.18. The van der Waals surface area contributed by atoms with Gasteiger partial charge in [-0.2, -0.15) is 0 Å². The molecule has 0 bridgehead atoms. The van der Waals surface area contributed by atoms with Gasteiger partial charge in [-0.25, -0.2) is 0 Å². The third-order valence-electron chi connectivity index (χ3n) is 0. The van der Waals surface area contributed by atoms with Crippen LogP contribution in [0.2, 0.25) is 0 Å². The first kappa shape index (κ1) is 39.1. The van der Waals surface area contributed by atoms with Crippen LogP contribution in [0.4, 0.5) is 0 Å². The van der Waals surface area contributed by atoms with Gasteiger partial charge < -0.3 is 16.4 Å². The Labute approximate surface area is 46.0 Å². The second kappa shape index (κ2) is 90.6. The summed E-state index contributed by atoms with van der Waals surface area (Å²) < 4.78 is 0. The quantitative estimate of drug-likeness (QED) is 0.410. The molecular formula is H6AgClO3. The Bertz CT molecular complexity index is 6.85. The van der Waals surface area contributed by atoms with Gasteiger partial charge in [-0.05, 0) is 0 Å². The molecule has 0 aromatic rings. The van der Waals surface area contributed by atoms with Gasteiger partial charge in [0.2, 0.25) is 0 Å². The first-order chi connectivity index (χ1) is 1.00. The van der Waals surface area contributed by atoms with E-state index in [1.54, 1.807) is 0 Å². The zero-order valence-corrected chi connectivity index (χ0v) is 4.42. The summed E-state index contributed by atoms with van der Waals surface area (Å²) in [7, 11) is 4.45. The van der Waals surface area contributed by atoms with Gasteiger partial charge in [0, 0.05) is 0 Å². The van der Waals surface area contributed by atoms with Crippen LogP contribution >= 0.6 is 9.19 Å². The standard InChI is InChI=1S/Ag.ClH.3H2O/h;1H;3*1H2/q+1;;;;/p-1. The average Bonchev–Trinajstić information content (AvgIpc) is 1.00. The Morgan fingerprint density at radius 3 is 0.800 bits per heavy atom. The van der Waals surface area contributed by atoms with Crippen molar-refractivity contribution in [3.05, 3.63) is 0 Å². The maximum atomic E-state index is 4.45. The topological polar surface area (TPSA) is 94.5 Å². The molecule has 0 spiro atoms. The van der Waals surface area contributed by atoms with E-state index < -0.39 is 0 Å². The average molecular weight is 197 g/mol. The second-order valence-electron chi connectivity index (χ2n) is 0. The van der Waals surface area contributed by atoms with E-state index in [2.05, 4.69) is 29.2 Å². The molecule has 42 valence electrons. The van der Waals surface area contributed by atoms with Gasteiger partial charge in [-0.3, -0.25) is 0 Å². The SMILES string of the molecule is O.O.O.[Cl][Ag]. The van der Waals surface area contributed by atoms with Gasteiger partial charge in [0.15, 0.2) is 0 Å². The van der Waals surface area contributed by atoms with Crippen molar-refractivity contribution in [3.63, 3.8) is 0 Å². The van der Waals surface area contributed by atoms with E-state index in [-0.39, 0.29) is 16.4 Å². The van der Waals surface area contributed by atoms with E-state index in [1.165, 1.54) is 0 Å². The minimum atomic E-state index is 0. The van der Waals surface area contributed by atoms with Gasteiger partial charge >= 0.3 is 29.2 Å². The van der Waals surface area contributed by atoms with Crippen molar-refractivity contribution >= 4 is 9.19 Å². The monoisotopic (exact) mass is 196 g/mol. The Kier molecular flexibility index (Phi) is 708. The van der Waals surface area contributed by atoms with Crippen LogP contribution in [0.5, 0.6) is 0 Å². The van der Waals surface area contributed by atoms with Crippen molar-refractivity contribution in [2.45, 2.75) is 0 Å². The Balaban J connectivity index is -0.00000000167. The molecule has 0 aliphatic carbocycles. The number of halogens is 1. The van der Waals surface area contributed by atoms with Crippen molar-refractivity contribution in [1.82, 2.24) is 0 Å². The summed E-state index contributed by atoms with van der Waals surface area (Å²) in [5.74, 6) is 0. The predicted molar refractivity (Wildman–Crippen MR) is 16.7 cm³/mol. The Morgan fingerprint density at radius 1 is 0.800 bits per heavy atom. The molecule has 0 saturated carbocycles. The molecule has 6 N–H and O–H groups in total. The fourth-order valence-electron chi connectivity index (χ4n) is 0. The molecule has 0 aromatic heterocycles. The van der Waals surface area contributed by atoms with E-state index >= 15 is 0 Å². The van der Waals surface area contributed by atoms with Crippen molar-refractivity contribution in [2.75, 3.05) is 0 Å². The third-order valence-corrected chi connectivity index (χ3v) is 0. The normalized spacial score (nSPS) is 1.40. The predicted octanol–water partition coefficient (Wildman–Crippen LogP) is -1.79. The molecule has 5 heteroatoms. The van der Waals surface area contributed by atoms with Crippen LogP contribution in [0.3, 0.4) is 0 Å². The molecule has 0 fully saturated rings. The third kappa shape index (κ3) is 50.2. The molecule has 0 radical (unpaired) electrons. The van der Waals surface area contributed by atoms with Crippen LogP contribution in [-0.4, -0.2) is 16.4 Å². The summed E-state index contributed by atoms with van der Waals surface area (Å²) in [6.45, 7) is 0. The maximum absolute atomic E-state index is 4.45. The molecule has 0 unspecified atom stereocenters. The van der Waals surface area contributed by atoms with E-state index in [9.17, 15) is 0 Å². The van der Waals surface area contributed by atoms with Crippen LogP contribution < -0.4 is 0 Å². The molecule has 0 rings (SSSR count). The molecule has 0 saturated heterocycles. The van der Waals surface area contributed by atoms with Crippen LogP contribution in [0.15, 0.2) is 0 Å². The summed E-state index contributed by atoms with van der Waals surface area (Å²) in [5, 5.41) is 0. The number of rotatable bonds is 0. The Hall–Kier alpha value is 0.910. The van der Waals surface area contributed by atoms with Crippen molar-refractivity contribution in [2.24, 2.45) is 0 Å². The van der Waals surface area contributed by atoms with Crippen LogP contribution in [0.1, 0.15) is 0 Å². The van der Waals surface area contributed by atoms with Crippen molar-refractivity contribution < 1.29 is 36.4 Å². The second-order valence-corrected chi connectivity index (χ2v) is 0. The number of hydrogen-bond acceptors (Lipinski definition) is 0. The fraction of sp³-hybridized carbons (Fsp3) is 0. The minimum absolute atomic E-state index is 0. The molecule has 0 atom stereocenters. The molecule has 0 heterocycles. The van der Waals surface area contributed by atoms with E-state index in [0.29, 0.717) is 0 Å². The van der Waals surface area contributed by atoms with E-state index in [0.717, 1.165) is 0 Å². The molecule has 0 aromatic carbocycles. The molecule has 3 nitrogen and oxygen atoms in total. The summed E-state index contributed by atoms with van der Waals surface area (Å²) >= 11 is 2.42. The van der Waals surface area contributed by atoms with Crippen LogP contribution in [0.25, 0.3) is 0 Å². The fourth-order valence-corrected chi connectivity index (χ4v) is 0. The molecule has 0 amide bonds. The molecule has 0 aliphatic rings. The van der Waals surface area contributed by atoms with Gasteiger partial charge in [0.1, 0.15) is 0 Å². The number of hydrogen-bond donors (Lipinski definition) is 0. The van der Waals surface area contributed by atoms with Gasteiger partial charge in [-0.15, -0.1) is 0 Å². The Morgan fingerprint density at radius 2 is 0.800 bits per heavy atom. The van der Waals surface area contributed by atoms with Gasteiger partial charge in [-0.1, -0.05) is 0 Å². The summed E-state index contributed by atoms with van der Waals surface area (Å²) in [4.78, 5) is 0. The zero-order chi connectivity index (χ0) is 2.00. The first-order valence-electron chi connectivity index (χ1n) is 0.114. The molecule has 0 aliphatic heterocycles. The van der Waals surface area contributed by atoms with E-state index in [1.807, 2.05) is 0 Å². The molecular weight excluding hydrogens is 191 g/mol. The van der Waals surface area contributed by atoms with Gasteiger partial charge in [0.25, 0.3) is 0 Å². The van der Waals surface area contributed by atoms with Crippen LogP contribution in [-0.2, 0) is 20.0 Å².